The number of ketones is 1. The van der Waals surface area contributed by atoms with Crippen LogP contribution in [0, 0.1) is 28.6 Å². The van der Waals surface area contributed by atoms with Gasteiger partial charge in [-0.1, -0.05) is 55.8 Å². The molecule has 0 amide bonds. The van der Waals surface area contributed by atoms with Crippen LogP contribution in [0.1, 0.15) is 70.8 Å². The molecule has 5 rings (SSSR count). The summed E-state index contributed by atoms with van der Waals surface area (Å²) in [6, 6.07) is 9.85. The van der Waals surface area contributed by atoms with Gasteiger partial charge in [-0.15, -0.1) is 0 Å². The lowest BCUT2D eigenvalue weighted by Gasteiger charge is -2.56. The molecule has 3 saturated carbocycles. The van der Waals surface area contributed by atoms with Crippen molar-refractivity contribution in [3.8, 4) is 0 Å². The highest BCUT2D eigenvalue weighted by Gasteiger charge is 2.58. The number of carbonyl (C=O) groups excluding carboxylic acids is 2. The Kier molecular flexibility index (Phi) is 5.19. The zero-order chi connectivity index (χ0) is 21.6. The summed E-state index contributed by atoms with van der Waals surface area (Å²) >= 11 is 0. The van der Waals surface area contributed by atoms with Crippen LogP contribution in [0.2, 0.25) is 0 Å². The van der Waals surface area contributed by atoms with E-state index in [1.54, 1.807) is 6.08 Å². The molecule has 6 atom stereocenters. The third kappa shape index (κ3) is 3.50. The molecule has 0 N–H and O–H groups in total. The van der Waals surface area contributed by atoms with E-state index in [-0.39, 0.29) is 22.9 Å². The highest BCUT2D eigenvalue weighted by molar-refractivity contribution is 5.87. The molecule has 0 aliphatic heterocycles. The highest BCUT2D eigenvalue weighted by atomic mass is 16.5. The molecule has 0 radical (unpaired) electrons. The molecule has 3 nitrogen and oxygen atoms in total. The van der Waals surface area contributed by atoms with E-state index in [0.29, 0.717) is 23.5 Å². The summed E-state index contributed by atoms with van der Waals surface area (Å²) in [4.78, 5) is 25.0. The average Bonchev–Trinajstić information content (AvgIpc) is 3.08. The largest absolute Gasteiger partial charge is 0.459 e. The molecule has 0 bridgehead atoms. The van der Waals surface area contributed by atoms with Gasteiger partial charge >= 0.3 is 5.97 Å². The van der Waals surface area contributed by atoms with Crippen molar-refractivity contribution in [2.75, 3.05) is 0 Å². The smallest absolute Gasteiger partial charge is 0.331 e. The van der Waals surface area contributed by atoms with E-state index in [2.05, 4.69) is 19.9 Å². The maximum absolute atomic E-state index is 12.6. The van der Waals surface area contributed by atoms with E-state index >= 15 is 0 Å². The number of fused-ring (bicyclic) bond motifs is 5. The van der Waals surface area contributed by atoms with Crippen molar-refractivity contribution in [1.82, 2.24) is 0 Å². The monoisotopic (exact) mass is 418 g/mol. The number of Topliss-reactive ketones (excluding diaryl/α,β-unsaturated/α-hetero) is 1. The average molecular weight is 419 g/mol. The van der Waals surface area contributed by atoms with Gasteiger partial charge in [0.1, 0.15) is 11.9 Å². The summed E-state index contributed by atoms with van der Waals surface area (Å²) in [5.74, 6) is 2.14. The molecule has 3 heteroatoms. The van der Waals surface area contributed by atoms with Crippen molar-refractivity contribution in [3.05, 3.63) is 53.6 Å². The van der Waals surface area contributed by atoms with E-state index < -0.39 is 0 Å². The van der Waals surface area contributed by atoms with Crippen LogP contribution >= 0.6 is 0 Å². The Bertz CT molecular complexity index is 929. The number of benzene rings is 1. The summed E-state index contributed by atoms with van der Waals surface area (Å²) in [6.07, 6.45) is 13.9. The Morgan fingerprint density at radius 1 is 1.03 bits per heavy atom. The van der Waals surface area contributed by atoms with E-state index in [1.807, 2.05) is 36.4 Å². The minimum absolute atomic E-state index is 0.0225. The molecule has 4 aliphatic carbocycles. The number of ether oxygens (including phenoxy) is 1. The normalized spacial score (nSPS) is 39.4. The molecule has 3 unspecified atom stereocenters. The first-order valence-electron chi connectivity index (χ1n) is 12.1. The van der Waals surface area contributed by atoms with Crippen molar-refractivity contribution in [3.63, 3.8) is 0 Å². The fraction of sp³-hybridized carbons (Fsp3) is 0.571. The fourth-order valence-corrected chi connectivity index (χ4v) is 7.43. The lowest BCUT2D eigenvalue weighted by Crippen LogP contribution is -2.50. The van der Waals surface area contributed by atoms with Gasteiger partial charge in [0, 0.05) is 24.3 Å². The molecule has 0 aromatic heterocycles. The maximum Gasteiger partial charge on any atom is 0.331 e. The van der Waals surface area contributed by atoms with E-state index in [1.165, 1.54) is 12.0 Å². The Balaban J connectivity index is 1.26. The first-order valence-corrected chi connectivity index (χ1v) is 12.1. The van der Waals surface area contributed by atoms with Crippen LogP contribution in [0.15, 0.2) is 48.1 Å². The Labute approximate surface area is 185 Å². The molecular weight excluding hydrogens is 384 g/mol. The van der Waals surface area contributed by atoms with Gasteiger partial charge in [-0.2, -0.15) is 0 Å². The number of carbonyl (C=O) groups is 2. The van der Waals surface area contributed by atoms with Crippen LogP contribution in [0.4, 0.5) is 0 Å². The van der Waals surface area contributed by atoms with Gasteiger partial charge in [0.2, 0.25) is 0 Å². The van der Waals surface area contributed by atoms with Crippen molar-refractivity contribution in [2.45, 2.75) is 71.3 Å². The molecule has 3 fully saturated rings. The van der Waals surface area contributed by atoms with E-state index in [0.717, 1.165) is 50.5 Å². The van der Waals surface area contributed by atoms with E-state index in [9.17, 15) is 9.59 Å². The van der Waals surface area contributed by atoms with Crippen LogP contribution in [0.25, 0.3) is 6.08 Å². The number of esters is 1. The molecule has 0 heterocycles. The summed E-state index contributed by atoms with van der Waals surface area (Å²) < 4.78 is 5.83. The van der Waals surface area contributed by atoms with Crippen molar-refractivity contribution < 1.29 is 14.3 Å². The molecular formula is C28H34O3. The number of allylic oxidation sites excluding steroid dienone is 1. The van der Waals surface area contributed by atoms with Crippen LogP contribution < -0.4 is 0 Å². The molecule has 1 aromatic rings. The molecule has 31 heavy (non-hydrogen) atoms. The lowest BCUT2D eigenvalue weighted by molar-refractivity contribution is -0.145. The Morgan fingerprint density at radius 3 is 2.58 bits per heavy atom. The summed E-state index contributed by atoms with van der Waals surface area (Å²) in [5.41, 5.74) is 2.64. The predicted molar refractivity (Wildman–Crippen MR) is 122 cm³/mol. The van der Waals surface area contributed by atoms with Gasteiger partial charge in [0.25, 0.3) is 0 Å². The minimum atomic E-state index is -0.246. The van der Waals surface area contributed by atoms with Gasteiger partial charge in [-0.05, 0) is 73.3 Å². The van der Waals surface area contributed by atoms with E-state index in [4.69, 9.17) is 4.74 Å². The van der Waals surface area contributed by atoms with Crippen LogP contribution in [-0.2, 0) is 14.3 Å². The third-order valence-corrected chi connectivity index (χ3v) is 9.26. The lowest BCUT2D eigenvalue weighted by atomic mass is 9.48. The number of rotatable bonds is 3. The Hall–Kier alpha value is -2.16. The van der Waals surface area contributed by atoms with Gasteiger partial charge in [-0.3, -0.25) is 4.79 Å². The molecule has 4 aliphatic rings. The first-order chi connectivity index (χ1) is 14.9. The van der Waals surface area contributed by atoms with Crippen molar-refractivity contribution in [1.29, 1.82) is 0 Å². The second kappa shape index (κ2) is 7.76. The molecule has 0 spiro atoms. The zero-order valence-electron chi connectivity index (χ0n) is 18.8. The summed E-state index contributed by atoms with van der Waals surface area (Å²) in [6.45, 7) is 4.69. The van der Waals surface area contributed by atoms with Crippen LogP contribution in [-0.4, -0.2) is 17.9 Å². The van der Waals surface area contributed by atoms with Crippen LogP contribution in [0.3, 0.4) is 0 Å². The van der Waals surface area contributed by atoms with Gasteiger partial charge in [0.05, 0.1) is 0 Å². The standard InChI is InChI=1S/C28H34O3/c1-27-16-14-21(31-26(30)13-8-19-6-4-3-5-7-19)18-20(27)9-10-22-23-11-12-25(29)28(23,2)17-15-24(22)27/h3-9,13,21-24H,10-12,14-18H2,1-2H3/b13-8+/t21-,22?,23?,24?,27-,28-/m0/s1. The summed E-state index contributed by atoms with van der Waals surface area (Å²) in [7, 11) is 0. The maximum atomic E-state index is 12.6. The predicted octanol–water partition coefficient (Wildman–Crippen LogP) is 6.14. The SMILES string of the molecule is C[C@]12CC[C@H](OC(=O)/C=C/c3ccccc3)CC1=CCC1C2CC[C@]2(C)C(=O)CCC12. The topological polar surface area (TPSA) is 43.4 Å². The van der Waals surface area contributed by atoms with Crippen LogP contribution in [0.5, 0.6) is 0 Å². The van der Waals surface area contributed by atoms with Crippen molar-refractivity contribution in [2.24, 2.45) is 28.6 Å². The van der Waals surface area contributed by atoms with Gasteiger partial charge < -0.3 is 4.74 Å². The zero-order valence-corrected chi connectivity index (χ0v) is 18.8. The molecule has 1 aromatic carbocycles. The molecule has 0 saturated heterocycles. The highest BCUT2D eigenvalue weighted by Crippen LogP contribution is 2.64. The summed E-state index contributed by atoms with van der Waals surface area (Å²) in [5, 5.41) is 0. The van der Waals surface area contributed by atoms with Gasteiger partial charge in [-0.25, -0.2) is 4.79 Å². The molecule has 164 valence electrons. The number of hydrogen-bond donors (Lipinski definition) is 0. The second-order valence-corrected chi connectivity index (χ2v) is 10.7. The second-order valence-electron chi connectivity index (χ2n) is 10.7. The third-order valence-electron chi connectivity index (χ3n) is 9.26. The Morgan fingerprint density at radius 2 is 1.77 bits per heavy atom. The number of hydrogen-bond acceptors (Lipinski definition) is 3. The first kappa shape index (κ1) is 20.7. The van der Waals surface area contributed by atoms with Crippen molar-refractivity contribution >= 4 is 17.8 Å². The minimum Gasteiger partial charge on any atom is -0.459 e. The van der Waals surface area contributed by atoms with Gasteiger partial charge in [0.15, 0.2) is 0 Å². The fourth-order valence-electron chi connectivity index (χ4n) is 7.43. The quantitative estimate of drug-likeness (QED) is 0.336.